The molecule has 1 rings (SSSR count). The third kappa shape index (κ3) is 5.14. The van der Waals surface area contributed by atoms with Crippen LogP contribution in [0.3, 0.4) is 0 Å². The Balaban J connectivity index is 2.33. The van der Waals surface area contributed by atoms with Crippen molar-refractivity contribution in [2.24, 2.45) is 0 Å². The summed E-state index contributed by atoms with van der Waals surface area (Å²) in [6.07, 6.45) is 1.46. The minimum atomic E-state index is -0.270. The monoisotopic (exact) mass is 229 g/mol. The fraction of sp³-hybridized carbons (Fsp3) is 0.500. The van der Waals surface area contributed by atoms with Crippen LogP contribution in [0.15, 0.2) is 30.3 Å². The maximum atomic E-state index is 11.9. The van der Waals surface area contributed by atoms with Gasteiger partial charge in [0.05, 0.1) is 6.67 Å². The van der Waals surface area contributed by atoms with E-state index in [1.807, 2.05) is 18.2 Å². The first-order valence-electron chi connectivity index (χ1n) is 5.26. The van der Waals surface area contributed by atoms with E-state index in [9.17, 15) is 4.39 Å². The fourth-order valence-electron chi connectivity index (χ4n) is 1.45. The molecule has 1 nitrogen and oxygen atoms in total. The summed E-state index contributed by atoms with van der Waals surface area (Å²) in [4.78, 5) is 0. The van der Waals surface area contributed by atoms with E-state index < -0.39 is 0 Å². The highest BCUT2D eigenvalue weighted by molar-refractivity contribution is 6.18. The van der Waals surface area contributed by atoms with Crippen LogP contribution >= 0.6 is 11.6 Å². The molecule has 0 saturated heterocycles. The summed E-state index contributed by atoms with van der Waals surface area (Å²) >= 11 is 5.84. The van der Waals surface area contributed by atoms with Crippen molar-refractivity contribution >= 4 is 11.6 Å². The van der Waals surface area contributed by atoms with Gasteiger partial charge >= 0.3 is 0 Å². The van der Waals surface area contributed by atoms with Crippen LogP contribution < -0.4 is 5.32 Å². The van der Waals surface area contributed by atoms with Gasteiger partial charge in [-0.25, -0.2) is 0 Å². The van der Waals surface area contributed by atoms with E-state index in [0.29, 0.717) is 18.8 Å². The lowest BCUT2D eigenvalue weighted by Gasteiger charge is -2.15. The molecular weight excluding hydrogens is 213 g/mol. The molecule has 1 aromatic rings. The third-order valence-corrected chi connectivity index (χ3v) is 2.63. The summed E-state index contributed by atoms with van der Waals surface area (Å²) in [6, 6.07) is 10.4. The van der Waals surface area contributed by atoms with E-state index >= 15 is 0 Å². The Morgan fingerprint density at radius 2 is 2.00 bits per heavy atom. The van der Waals surface area contributed by atoms with Gasteiger partial charge in [0.2, 0.25) is 0 Å². The van der Waals surface area contributed by atoms with Crippen molar-refractivity contribution in [3.63, 3.8) is 0 Å². The highest BCUT2D eigenvalue weighted by Crippen LogP contribution is 2.04. The molecule has 0 radical (unpaired) electrons. The Morgan fingerprint density at radius 3 is 2.60 bits per heavy atom. The molecule has 0 fully saturated rings. The van der Waals surface area contributed by atoms with E-state index in [0.717, 1.165) is 6.42 Å². The summed E-state index contributed by atoms with van der Waals surface area (Å²) < 4.78 is 11.9. The number of benzene rings is 1. The van der Waals surface area contributed by atoms with Crippen LogP contribution in [-0.4, -0.2) is 25.1 Å². The Hall–Kier alpha value is -0.600. The van der Waals surface area contributed by atoms with E-state index in [-0.39, 0.29) is 12.7 Å². The molecule has 0 aliphatic rings. The van der Waals surface area contributed by atoms with Gasteiger partial charge in [-0.15, -0.1) is 11.6 Å². The first-order chi connectivity index (χ1) is 7.36. The molecule has 0 aromatic heterocycles. The van der Waals surface area contributed by atoms with Crippen molar-refractivity contribution < 1.29 is 4.39 Å². The maximum absolute atomic E-state index is 11.9. The van der Waals surface area contributed by atoms with Crippen molar-refractivity contribution in [3.05, 3.63) is 35.9 Å². The number of halogens is 2. The average Bonchev–Trinajstić information content (AvgIpc) is 2.29. The normalized spacial score (nSPS) is 12.7. The summed E-state index contributed by atoms with van der Waals surface area (Å²) in [6.45, 7) is 0.425. The zero-order valence-electron chi connectivity index (χ0n) is 8.76. The maximum Gasteiger partial charge on any atom is 0.0906 e. The van der Waals surface area contributed by atoms with Crippen molar-refractivity contribution in [1.82, 2.24) is 5.32 Å². The predicted octanol–water partition coefficient (Wildman–Crippen LogP) is 2.79. The largest absolute Gasteiger partial charge is 0.312 e. The van der Waals surface area contributed by atoms with Gasteiger partial charge in [-0.1, -0.05) is 30.3 Å². The number of alkyl halides is 2. The summed E-state index contributed by atoms with van der Waals surface area (Å²) in [7, 11) is 0. The predicted molar refractivity (Wildman–Crippen MR) is 63.2 cm³/mol. The quantitative estimate of drug-likeness (QED) is 0.560. The molecule has 0 bridgehead atoms. The van der Waals surface area contributed by atoms with Crippen LogP contribution in [0.4, 0.5) is 4.39 Å². The van der Waals surface area contributed by atoms with Crippen molar-refractivity contribution in [2.45, 2.75) is 18.9 Å². The zero-order valence-corrected chi connectivity index (χ0v) is 9.51. The molecule has 0 aliphatic heterocycles. The van der Waals surface area contributed by atoms with Crippen LogP contribution in [0.25, 0.3) is 0 Å². The Labute approximate surface area is 95.6 Å². The van der Waals surface area contributed by atoms with Gasteiger partial charge in [-0.3, -0.25) is 4.39 Å². The van der Waals surface area contributed by atoms with Crippen LogP contribution in [0, 0.1) is 0 Å². The average molecular weight is 230 g/mol. The van der Waals surface area contributed by atoms with E-state index in [4.69, 9.17) is 11.6 Å². The molecule has 15 heavy (non-hydrogen) atoms. The molecular formula is C12H17ClFN. The minimum absolute atomic E-state index is 0.237. The van der Waals surface area contributed by atoms with Gasteiger partial charge in [0.1, 0.15) is 0 Å². The molecule has 0 spiro atoms. The van der Waals surface area contributed by atoms with Gasteiger partial charge in [0, 0.05) is 11.9 Å². The SMILES string of the molecule is FCCCNC(CCl)Cc1ccccc1. The number of hydrogen-bond acceptors (Lipinski definition) is 1. The summed E-state index contributed by atoms with van der Waals surface area (Å²) in [5.74, 6) is 0.557. The minimum Gasteiger partial charge on any atom is -0.312 e. The Morgan fingerprint density at radius 1 is 1.27 bits per heavy atom. The molecule has 84 valence electrons. The molecule has 0 amide bonds. The third-order valence-electron chi connectivity index (χ3n) is 2.25. The van der Waals surface area contributed by atoms with Gasteiger partial charge in [-0.05, 0) is 24.9 Å². The van der Waals surface area contributed by atoms with Crippen LogP contribution in [0.5, 0.6) is 0 Å². The molecule has 1 N–H and O–H groups in total. The lowest BCUT2D eigenvalue weighted by atomic mass is 10.1. The van der Waals surface area contributed by atoms with Gasteiger partial charge in [-0.2, -0.15) is 0 Å². The van der Waals surface area contributed by atoms with Crippen molar-refractivity contribution in [3.8, 4) is 0 Å². The van der Waals surface area contributed by atoms with Gasteiger partial charge in [0.25, 0.3) is 0 Å². The highest BCUT2D eigenvalue weighted by Gasteiger charge is 2.06. The van der Waals surface area contributed by atoms with Gasteiger partial charge < -0.3 is 5.32 Å². The smallest absolute Gasteiger partial charge is 0.0906 e. The molecule has 0 aliphatic carbocycles. The summed E-state index contributed by atoms with van der Waals surface area (Å²) in [5, 5.41) is 3.25. The van der Waals surface area contributed by atoms with E-state index in [1.54, 1.807) is 0 Å². The first kappa shape index (κ1) is 12.5. The second kappa shape index (κ2) is 7.66. The van der Waals surface area contributed by atoms with Crippen LogP contribution in [0.1, 0.15) is 12.0 Å². The lowest BCUT2D eigenvalue weighted by molar-refractivity contribution is 0.443. The lowest BCUT2D eigenvalue weighted by Crippen LogP contribution is -2.33. The number of hydrogen-bond donors (Lipinski definition) is 1. The van der Waals surface area contributed by atoms with Gasteiger partial charge in [0.15, 0.2) is 0 Å². The first-order valence-corrected chi connectivity index (χ1v) is 5.79. The molecule has 0 saturated carbocycles. The molecule has 1 unspecified atom stereocenters. The fourth-order valence-corrected chi connectivity index (χ4v) is 1.67. The topological polar surface area (TPSA) is 12.0 Å². The van der Waals surface area contributed by atoms with Crippen LogP contribution in [-0.2, 0) is 6.42 Å². The summed E-state index contributed by atoms with van der Waals surface area (Å²) in [5.41, 5.74) is 1.26. The molecule has 1 atom stereocenters. The highest BCUT2D eigenvalue weighted by atomic mass is 35.5. The molecule has 3 heteroatoms. The van der Waals surface area contributed by atoms with Crippen molar-refractivity contribution in [1.29, 1.82) is 0 Å². The second-order valence-electron chi connectivity index (χ2n) is 3.54. The second-order valence-corrected chi connectivity index (χ2v) is 3.85. The Kier molecular flexibility index (Phi) is 6.37. The molecule has 0 heterocycles. The van der Waals surface area contributed by atoms with E-state index in [2.05, 4.69) is 17.4 Å². The zero-order chi connectivity index (χ0) is 10.9. The number of nitrogens with one attached hydrogen (secondary N) is 1. The molecule has 1 aromatic carbocycles. The van der Waals surface area contributed by atoms with Crippen LogP contribution in [0.2, 0.25) is 0 Å². The standard InChI is InChI=1S/C12H17ClFN/c13-10-12(15-8-4-7-14)9-11-5-2-1-3-6-11/h1-3,5-6,12,15H,4,7-10H2. The van der Waals surface area contributed by atoms with E-state index in [1.165, 1.54) is 5.56 Å². The number of rotatable bonds is 7. The Bertz CT molecular complexity index is 253. The van der Waals surface area contributed by atoms with Crippen molar-refractivity contribution in [2.75, 3.05) is 19.1 Å².